The third-order valence-corrected chi connectivity index (χ3v) is 6.94. The lowest BCUT2D eigenvalue weighted by Gasteiger charge is -2.37. The van der Waals surface area contributed by atoms with E-state index in [1.807, 2.05) is 71.6 Å². The van der Waals surface area contributed by atoms with Crippen LogP contribution in [0.25, 0.3) is 0 Å². The van der Waals surface area contributed by atoms with Crippen molar-refractivity contribution in [2.45, 2.75) is 12.5 Å². The first kappa shape index (κ1) is 22.2. The van der Waals surface area contributed by atoms with Crippen LogP contribution in [0.2, 0.25) is 0 Å². The molecule has 2 N–H and O–H groups in total. The Morgan fingerprint density at radius 3 is 2.17 bits per heavy atom. The fourth-order valence-corrected chi connectivity index (χ4v) is 4.90. The molecule has 160 valence electrons. The number of carbonyl (C=O) groups excluding carboxylic acids is 1. The number of carbonyl (C=O) groups is 1. The molecule has 0 aromatic heterocycles. The number of nitrogens with zero attached hydrogens (tertiary/aromatic N) is 2. The van der Waals surface area contributed by atoms with E-state index in [1.54, 1.807) is 11.6 Å². The third kappa shape index (κ3) is 5.76. The predicted molar refractivity (Wildman–Crippen MR) is 115 cm³/mol. The van der Waals surface area contributed by atoms with Gasteiger partial charge >= 0.3 is 0 Å². The van der Waals surface area contributed by atoms with Gasteiger partial charge in [-0.2, -0.15) is 4.31 Å². The number of piperazine rings is 1. The van der Waals surface area contributed by atoms with Gasteiger partial charge in [-0.25, -0.2) is 13.9 Å². The first-order valence-corrected chi connectivity index (χ1v) is 11.5. The lowest BCUT2D eigenvalue weighted by atomic mass is 10.0. The normalized spacial score (nSPS) is 17.1. The van der Waals surface area contributed by atoms with Crippen LogP contribution in [0.15, 0.2) is 72.8 Å². The average Bonchev–Trinajstić information content (AvgIpc) is 2.78. The summed E-state index contributed by atoms with van der Waals surface area (Å²) < 4.78 is 26.8. The zero-order valence-corrected chi connectivity index (χ0v) is 17.5. The average molecular weight is 430 g/mol. The van der Waals surface area contributed by atoms with Crippen molar-refractivity contribution in [1.29, 1.82) is 0 Å². The molecule has 1 unspecified atom stereocenters. The van der Waals surface area contributed by atoms with Gasteiger partial charge in [-0.05, 0) is 17.5 Å². The van der Waals surface area contributed by atoms with Gasteiger partial charge in [-0.1, -0.05) is 72.8 Å². The number of rotatable bonds is 8. The Morgan fingerprint density at radius 2 is 1.57 bits per heavy atom. The fourth-order valence-electron chi connectivity index (χ4n) is 3.59. The largest absolute Gasteiger partial charge is 0.289 e. The maximum absolute atomic E-state index is 12.7. The van der Waals surface area contributed by atoms with Crippen LogP contribution in [0, 0.1) is 0 Å². The summed E-state index contributed by atoms with van der Waals surface area (Å²) in [6, 6.07) is 18.4. The summed E-state index contributed by atoms with van der Waals surface area (Å²) in [7, 11) is -3.41. The van der Waals surface area contributed by atoms with E-state index in [9.17, 15) is 13.2 Å². The Morgan fingerprint density at radius 1 is 0.967 bits per heavy atom. The molecule has 1 aliphatic heterocycles. The number of hydrogen-bond acceptors (Lipinski definition) is 5. The van der Waals surface area contributed by atoms with E-state index < -0.39 is 22.0 Å². The maximum Gasteiger partial charge on any atom is 0.265 e. The molecule has 2 aromatic carbocycles. The topological polar surface area (TPSA) is 89.9 Å². The molecular weight excluding hydrogens is 402 g/mol. The summed E-state index contributed by atoms with van der Waals surface area (Å²) in [6.07, 6.45) is 4.26. The Hall–Kier alpha value is -2.52. The summed E-state index contributed by atoms with van der Waals surface area (Å²) in [5, 5.41) is 9.14. The molecule has 1 heterocycles. The van der Waals surface area contributed by atoms with Gasteiger partial charge in [-0.3, -0.25) is 14.9 Å². The maximum atomic E-state index is 12.7. The zero-order valence-electron chi connectivity index (χ0n) is 16.7. The van der Waals surface area contributed by atoms with Gasteiger partial charge in [0.1, 0.15) is 6.04 Å². The van der Waals surface area contributed by atoms with E-state index in [0.717, 1.165) is 11.1 Å². The van der Waals surface area contributed by atoms with Gasteiger partial charge in [0.05, 0.1) is 5.75 Å². The van der Waals surface area contributed by atoms with Crippen molar-refractivity contribution in [3.05, 3.63) is 83.9 Å². The molecular formula is C22H27N3O4S. The molecule has 0 aliphatic carbocycles. The van der Waals surface area contributed by atoms with E-state index in [-0.39, 0.29) is 5.75 Å². The monoisotopic (exact) mass is 429 g/mol. The van der Waals surface area contributed by atoms with Gasteiger partial charge in [0.2, 0.25) is 10.0 Å². The van der Waals surface area contributed by atoms with Crippen molar-refractivity contribution in [3.63, 3.8) is 0 Å². The van der Waals surface area contributed by atoms with Crippen molar-refractivity contribution >= 4 is 15.9 Å². The van der Waals surface area contributed by atoms with E-state index in [4.69, 9.17) is 5.21 Å². The Kier molecular flexibility index (Phi) is 7.75. The Labute approximate surface area is 177 Å². The number of sulfonamides is 1. The minimum atomic E-state index is -3.41. The van der Waals surface area contributed by atoms with Crippen LogP contribution in [0.5, 0.6) is 0 Å². The van der Waals surface area contributed by atoms with Crippen LogP contribution < -0.4 is 5.48 Å². The first-order chi connectivity index (χ1) is 14.5. The zero-order chi connectivity index (χ0) is 21.4. The lowest BCUT2D eigenvalue weighted by Crippen LogP contribution is -2.52. The molecule has 30 heavy (non-hydrogen) atoms. The summed E-state index contributed by atoms with van der Waals surface area (Å²) in [6.45, 7) is 1.41. The summed E-state index contributed by atoms with van der Waals surface area (Å²) in [5.74, 6) is -0.569. The van der Waals surface area contributed by atoms with E-state index in [0.29, 0.717) is 32.6 Å². The van der Waals surface area contributed by atoms with Crippen LogP contribution in [-0.4, -0.2) is 60.7 Å². The minimum Gasteiger partial charge on any atom is -0.289 e. The molecule has 8 heteroatoms. The SMILES string of the molecule is O=C(NO)C(c1ccccc1)N1CCN(S(=O)(=O)CC=CCc2ccccc2)CC1. The quantitative estimate of drug-likeness (QED) is 0.381. The summed E-state index contributed by atoms with van der Waals surface area (Å²) >= 11 is 0. The van der Waals surface area contributed by atoms with Crippen LogP contribution >= 0.6 is 0 Å². The number of nitrogens with one attached hydrogen (secondary N) is 1. The summed E-state index contributed by atoms with van der Waals surface area (Å²) in [4.78, 5) is 14.1. The van der Waals surface area contributed by atoms with Gasteiger partial charge in [-0.15, -0.1) is 0 Å². The minimum absolute atomic E-state index is 0.0426. The number of amides is 1. The van der Waals surface area contributed by atoms with Gasteiger partial charge in [0.15, 0.2) is 0 Å². The van der Waals surface area contributed by atoms with Gasteiger partial charge in [0.25, 0.3) is 5.91 Å². The number of hydrogen-bond donors (Lipinski definition) is 2. The molecule has 0 spiro atoms. The Bertz CT molecular complexity index is 941. The smallest absolute Gasteiger partial charge is 0.265 e. The number of allylic oxidation sites excluding steroid dienone is 1. The van der Waals surface area contributed by atoms with Gasteiger partial charge in [0, 0.05) is 26.2 Å². The second-order valence-electron chi connectivity index (χ2n) is 7.16. The molecule has 0 bridgehead atoms. The van der Waals surface area contributed by atoms with Crippen molar-refractivity contribution < 1.29 is 18.4 Å². The van der Waals surface area contributed by atoms with Crippen LogP contribution in [0.3, 0.4) is 0 Å². The summed E-state index contributed by atoms with van der Waals surface area (Å²) in [5.41, 5.74) is 3.62. The second-order valence-corrected chi connectivity index (χ2v) is 9.18. The fraction of sp³-hybridized carbons (Fsp3) is 0.318. The van der Waals surface area contributed by atoms with Crippen LogP contribution in [0.1, 0.15) is 17.2 Å². The highest BCUT2D eigenvalue weighted by molar-refractivity contribution is 7.89. The second kappa shape index (κ2) is 10.5. The highest BCUT2D eigenvalue weighted by Crippen LogP contribution is 2.23. The predicted octanol–water partition coefficient (Wildman–Crippen LogP) is 1.98. The Balaban J connectivity index is 1.57. The van der Waals surface area contributed by atoms with Crippen molar-refractivity contribution in [1.82, 2.24) is 14.7 Å². The number of benzene rings is 2. The highest BCUT2D eigenvalue weighted by atomic mass is 32.2. The molecule has 0 radical (unpaired) electrons. The molecule has 1 aliphatic rings. The molecule has 1 fully saturated rings. The molecule has 3 rings (SSSR count). The van der Waals surface area contributed by atoms with E-state index >= 15 is 0 Å². The van der Waals surface area contributed by atoms with E-state index in [2.05, 4.69) is 0 Å². The molecule has 1 atom stereocenters. The van der Waals surface area contributed by atoms with Crippen LogP contribution in [0.4, 0.5) is 0 Å². The standard InChI is InChI=1S/C22H27N3O4S/c26-22(23-27)21(20-12-5-2-6-13-20)24-14-16-25(17-15-24)30(28,29)18-8-7-11-19-9-3-1-4-10-19/h1-10,12-13,21,27H,11,14-18H2,(H,23,26). The van der Waals surface area contributed by atoms with Crippen molar-refractivity contribution in [3.8, 4) is 0 Å². The molecule has 1 saturated heterocycles. The van der Waals surface area contributed by atoms with Crippen molar-refractivity contribution in [2.75, 3.05) is 31.9 Å². The molecule has 1 amide bonds. The molecule has 0 saturated carbocycles. The van der Waals surface area contributed by atoms with Gasteiger partial charge < -0.3 is 0 Å². The third-order valence-electron chi connectivity index (χ3n) is 5.18. The first-order valence-electron chi connectivity index (χ1n) is 9.91. The van der Waals surface area contributed by atoms with E-state index in [1.165, 1.54) is 4.31 Å². The van der Waals surface area contributed by atoms with Crippen molar-refractivity contribution in [2.24, 2.45) is 0 Å². The lowest BCUT2D eigenvalue weighted by molar-refractivity contribution is -0.135. The highest BCUT2D eigenvalue weighted by Gasteiger charge is 2.33. The van der Waals surface area contributed by atoms with Crippen LogP contribution in [-0.2, 0) is 21.2 Å². The number of hydroxylamine groups is 1. The molecule has 2 aromatic rings. The molecule has 7 nitrogen and oxygen atoms in total.